The van der Waals surface area contributed by atoms with E-state index in [-0.39, 0.29) is 24.0 Å². The van der Waals surface area contributed by atoms with Gasteiger partial charge in [-0.1, -0.05) is 19.1 Å². The minimum atomic E-state index is 0. The van der Waals surface area contributed by atoms with Crippen molar-refractivity contribution in [1.29, 1.82) is 0 Å². The molecule has 1 unspecified atom stereocenters. The predicted octanol–water partition coefficient (Wildman–Crippen LogP) is 2.82. The van der Waals surface area contributed by atoms with Gasteiger partial charge in [0.05, 0.1) is 6.61 Å². The number of rotatable bonds is 7. The second-order valence-electron chi connectivity index (χ2n) is 6.98. The summed E-state index contributed by atoms with van der Waals surface area (Å²) in [6.07, 6.45) is 5.90. The third-order valence-electron chi connectivity index (χ3n) is 5.32. The molecule has 6 heteroatoms. The lowest BCUT2D eigenvalue weighted by Gasteiger charge is -2.27. The average molecular weight is 472 g/mol. The maximum absolute atomic E-state index is 5.57. The maximum Gasteiger partial charge on any atom is 0.191 e. The van der Waals surface area contributed by atoms with Crippen LogP contribution >= 0.6 is 24.0 Å². The van der Waals surface area contributed by atoms with E-state index in [0.717, 1.165) is 44.2 Å². The van der Waals surface area contributed by atoms with Crippen LogP contribution < -0.4 is 15.4 Å². The molecule has 146 valence electrons. The van der Waals surface area contributed by atoms with E-state index in [2.05, 4.69) is 45.6 Å². The molecule has 0 amide bonds. The highest BCUT2D eigenvalue weighted by atomic mass is 127. The van der Waals surface area contributed by atoms with Crippen LogP contribution in [-0.4, -0.2) is 56.7 Å². The number of ether oxygens (including phenoxy) is 1. The van der Waals surface area contributed by atoms with Gasteiger partial charge in [0.25, 0.3) is 0 Å². The van der Waals surface area contributed by atoms with Crippen molar-refractivity contribution in [3.05, 3.63) is 29.3 Å². The van der Waals surface area contributed by atoms with Crippen molar-refractivity contribution in [3.8, 4) is 5.75 Å². The Morgan fingerprint density at radius 2 is 2.08 bits per heavy atom. The lowest BCUT2D eigenvalue weighted by atomic mass is 10.1. The molecule has 1 aromatic carbocycles. The van der Waals surface area contributed by atoms with Gasteiger partial charge in [-0.15, -0.1) is 24.0 Å². The van der Waals surface area contributed by atoms with Gasteiger partial charge in [-0.25, -0.2) is 0 Å². The number of hydrogen-bond acceptors (Lipinski definition) is 3. The molecule has 1 fully saturated rings. The summed E-state index contributed by atoms with van der Waals surface area (Å²) in [6.45, 7) is 7.44. The molecule has 0 bridgehead atoms. The summed E-state index contributed by atoms with van der Waals surface area (Å²) in [5, 5.41) is 6.95. The van der Waals surface area contributed by atoms with Crippen LogP contribution in [0.5, 0.6) is 5.75 Å². The fourth-order valence-corrected chi connectivity index (χ4v) is 3.79. The number of likely N-dealkylation sites (tertiary alicyclic amines) is 1. The molecule has 0 spiro atoms. The van der Waals surface area contributed by atoms with Crippen molar-refractivity contribution in [1.82, 2.24) is 15.5 Å². The van der Waals surface area contributed by atoms with E-state index in [1.807, 2.05) is 7.05 Å². The van der Waals surface area contributed by atoms with Crippen LogP contribution in [0.1, 0.15) is 37.3 Å². The molecule has 0 aromatic heterocycles. The van der Waals surface area contributed by atoms with E-state index in [9.17, 15) is 0 Å². The van der Waals surface area contributed by atoms with Gasteiger partial charge in [-0.2, -0.15) is 0 Å². The van der Waals surface area contributed by atoms with Gasteiger partial charge in [0, 0.05) is 32.6 Å². The van der Waals surface area contributed by atoms with E-state index in [1.54, 1.807) is 0 Å². The zero-order valence-electron chi connectivity index (χ0n) is 16.1. The molecule has 3 rings (SSSR count). The van der Waals surface area contributed by atoms with Crippen molar-refractivity contribution in [2.75, 3.05) is 39.8 Å². The van der Waals surface area contributed by atoms with E-state index in [4.69, 9.17) is 4.74 Å². The molecule has 2 aliphatic rings. The summed E-state index contributed by atoms with van der Waals surface area (Å²) in [6, 6.07) is 7.16. The van der Waals surface area contributed by atoms with Crippen LogP contribution in [0, 0.1) is 0 Å². The summed E-state index contributed by atoms with van der Waals surface area (Å²) >= 11 is 0. The molecule has 5 nitrogen and oxygen atoms in total. The van der Waals surface area contributed by atoms with Crippen LogP contribution in [0.2, 0.25) is 0 Å². The third-order valence-corrected chi connectivity index (χ3v) is 5.32. The second-order valence-corrected chi connectivity index (χ2v) is 6.98. The summed E-state index contributed by atoms with van der Waals surface area (Å²) in [5.74, 6) is 1.96. The van der Waals surface area contributed by atoms with Crippen molar-refractivity contribution in [2.24, 2.45) is 4.99 Å². The molecule has 2 heterocycles. The number of fused-ring (bicyclic) bond motifs is 1. The minimum absolute atomic E-state index is 0. The Labute approximate surface area is 175 Å². The van der Waals surface area contributed by atoms with Crippen LogP contribution in [0.25, 0.3) is 0 Å². The Hall–Kier alpha value is -1.02. The molecule has 1 aromatic rings. The predicted molar refractivity (Wildman–Crippen MR) is 119 cm³/mol. The lowest BCUT2D eigenvalue weighted by molar-refractivity contribution is 0.236. The van der Waals surface area contributed by atoms with Gasteiger partial charge in [0.1, 0.15) is 5.75 Å². The average Bonchev–Trinajstić information content (AvgIpc) is 3.32. The number of nitrogens with one attached hydrogen (secondary N) is 2. The number of aliphatic imine (C=N–C) groups is 1. The monoisotopic (exact) mass is 472 g/mol. The number of halogens is 1. The van der Waals surface area contributed by atoms with Gasteiger partial charge in [0.15, 0.2) is 5.96 Å². The first-order chi connectivity index (χ1) is 12.3. The zero-order valence-corrected chi connectivity index (χ0v) is 18.4. The molecule has 26 heavy (non-hydrogen) atoms. The minimum Gasteiger partial charge on any atom is -0.493 e. The molecular weight excluding hydrogens is 439 g/mol. The molecule has 0 radical (unpaired) electrons. The molecule has 1 saturated heterocycles. The Kier molecular flexibility index (Phi) is 8.98. The molecular formula is C20H33IN4O. The number of nitrogens with zero attached hydrogens (tertiary/aromatic N) is 2. The third kappa shape index (κ3) is 5.74. The van der Waals surface area contributed by atoms with Crippen molar-refractivity contribution in [3.63, 3.8) is 0 Å². The molecule has 1 atom stereocenters. The summed E-state index contributed by atoms with van der Waals surface area (Å²) < 4.78 is 5.57. The van der Waals surface area contributed by atoms with Crippen LogP contribution in [0.4, 0.5) is 0 Å². The molecule has 2 aliphatic heterocycles. The Bertz CT molecular complexity index is 587. The van der Waals surface area contributed by atoms with Crippen molar-refractivity contribution >= 4 is 29.9 Å². The Morgan fingerprint density at radius 3 is 2.81 bits per heavy atom. The fourth-order valence-electron chi connectivity index (χ4n) is 3.79. The van der Waals surface area contributed by atoms with E-state index < -0.39 is 0 Å². The number of benzene rings is 1. The normalized spacial score (nSPS) is 18.0. The quantitative estimate of drug-likeness (QED) is 0.364. The van der Waals surface area contributed by atoms with Gasteiger partial charge >= 0.3 is 0 Å². The number of guanidine groups is 1. The molecule has 2 N–H and O–H groups in total. The Balaban J connectivity index is 0.00000243. The Morgan fingerprint density at radius 1 is 1.27 bits per heavy atom. The van der Waals surface area contributed by atoms with Crippen molar-refractivity contribution in [2.45, 2.75) is 45.1 Å². The van der Waals surface area contributed by atoms with Gasteiger partial charge in [0.2, 0.25) is 0 Å². The first-order valence-corrected chi connectivity index (χ1v) is 9.73. The topological polar surface area (TPSA) is 48.9 Å². The molecule has 0 aliphatic carbocycles. The highest BCUT2D eigenvalue weighted by Gasteiger charge is 2.20. The second kappa shape index (κ2) is 11.0. The van der Waals surface area contributed by atoms with Crippen molar-refractivity contribution < 1.29 is 4.74 Å². The smallest absolute Gasteiger partial charge is 0.191 e. The van der Waals surface area contributed by atoms with Crippen LogP contribution in [0.15, 0.2) is 23.2 Å². The van der Waals surface area contributed by atoms with Crippen LogP contribution in [0.3, 0.4) is 0 Å². The largest absolute Gasteiger partial charge is 0.493 e. The zero-order chi connectivity index (χ0) is 17.5. The standard InChI is InChI=1S/C20H32N4O.HI/c1-3-18(24-11-4-5-12-24)15-23-20(21-2)22-10-8-16-6-7-19-17(14-16)9-13-25-19;/h6-7,14,18H,3-5,8-13,15H2,1-2H3,(H2,21,22,23);1H. The van der Waals surface area contributed by atoms with E-state index >= 15 is 0 Å². The maximum atomic E-state index is 5.57. The lowest BCUT2D eigenvalue weighted by Crippen LogP contribution is -2.46. The summed E-state index contributed by atoms with van der Waals surface area (Å²) in [4.78, 5) is 6.97. The summed E-state index contributed by atoms with van der Waals surface area (Å²) in [5.41, 5.74) is 2.70. The van der Waals surface area contributed by atoms with Crippen LogP contribution in [-0.2, 0) is 12.8 Å². The fraction of sp³-hybridized carbons (Fsp3) is 0.650. The first-order valence-electron chi connectivity index (χ1n) is 9.73. The summed E-state index contributed by atoms with van der Waals surface area (Å²) in [7, 11) is 1.85. The van der Waals surface area contributed by atoms with Gasteiger partial charge in [-0.3, -0.25) is 9.89 Å². The highest BCUT2D eigenvalue weighted by molar-refractivity contribution is 14.0. The SMILES string of the molecule is CCC(CNC(=NC)NCCc1ccc2c(c1)CCO2)N1CCCC1.I. The number of hydrogen-bond donors (Lipinski definition) is 2. The first kappa shape index (κ1) is 21.3. The highest BCUT2D eigenvalue weighted by Crippen LogP contribution is 2.25. The van der Waals surface area contributed by atoms with Gasteiger partial charge < -0.3 is 15.4 Å². The van der Waals surface area contributed by atoms with E-state index in [1.165, 1.54) is 43.5 Å². The van der Waals surface area contributed by atoms with E-state index in [0.29, 0.717) is 6.04 Å². The van der Waals surface area contributed by atoms with Gasteiger partial charge in [-0.05, 0) is 56.0 Å². The molecule has 0 saturated carbocycles.